The van der Waals surface area contributed by atoms with Gasteiger partial charge in [-0.25, -0.2) is 9.97 Å². The Morgan fingerprint density at radius 3 is 2.66 bits per heavy atom. The highest BCUT2D eigenvalue weighted by Gasteiger charge is 2.13. The highest BCUT2D eigenvalue weighted by molar-refractivity contribution is 6.07. The fraction of sp³-hybridized carbons (Fsp3) is 0.0455. The molecule has 140 valence electrons. The minimum atomic E-state index is -0.370. The van der Waals surface area contributed by atoms with Crippen LogP contribution in [0.2, 0.25) is 0 Å². The molecule has 0 bridgehead atoms. The number of para-hydroxylation sites is 2. The molecule has 1 amide bonds. The fourth-order valence-corrected chi connectivity index (χ4v) is 2.97. The van der Waals surface area contributed by atoms with E-state index in [0.717, 1.165) is 5.39 Å². The van der Waals surface area contributed by atoms with E-state index < -0.39 is 0 Å². The summed E-state index contributed by atoms with van der Waals surface area (Å²) in [6.45, 7) is 1.71. The molecule has 0 saturated heterocycles. The highest BCUT2D eigenvalue weighted by atomic mass is 16.1. The van der Waals surface area contributed by atoms with Gasteiger partial charge in [-0.2, -0.15) is 5.26 Å². The Kier molecular flexibility index (Phi) is 4.82. The van der Waals surface area contributed by atoms with Gasteiger partial charge in [0.15, 0.2) is 0 Å². The van der Waals surface area contributed by atoms with Gasteiger partial charge in [0.2, 0.25) is 0 Å². The van der Waals surface area contributed by atoms with E-state index in [9.17, 15) is 10.1 Å². The smallest absolute Gasteiger partial charge is 0.274 e. The van der Waals surface area contributed by atoms with Crippen molar-refractivity contribution in [3.05, 3.63) is 83.9 Å². The van der Waals surface area contributed by atoms with Gasteiger partial charge in [-0.3, -0.25) is 9.78 Å². The molecule has 0 fully saturated rings. The molecule has 0 saturated carbocycles. The second-order valence-electron chi connectivity index (χ2n) is 6.30. The summed E-state index contributed by atoms with van der Waals surface area (Å²) in [4.78, 5) is 25.7. The van der Waals surface area contributed by atoms with Gasteiger partial charge in [-0.05, 0) is 31.2 Å². The van der Waals surface area contributed by atoms with Crippen LogP contribution < -0.4 is 10.6 Å². The number of nitrogens with zero attached hydrogens (tertiary/aromatic N) is 4. The van der Waals surface area contributed by atoms with Gasteiger partial charge < -0.3 is 10.6 Å². The number of hydrogen-bond donors (Lipinski definition) is 2. The third kappa shape index (κ3) is 3.87. The van der Waals surface area contributed by atoms with Crippen molar-refractivity contribution in [1.29, 1.82) is 5.26 Å². The third-order valence-corrected chi connectivity index (χ3v) is 4.26. The normalized spacial score (nSPS) is 10.3. The summed E-state index contributed by atoms with van der Waals surface area (Å²) in [5, 5.41) is 16.1. The number of aromatic nitrogens is 3. The summed E-state index contributed by atoms with van der Waals surface area (Å²) in [5.41, 5.74) is 2.61. The Bertz CT molecular complexity index is 1260. The molecule has 0 atom stereocenters. The summed E-state index contributed by atoms with van der Waals surface area (Å²) < 4.78 is 0. The zero-order chi connectivity index (χ0) is 20.2. The van der Waals surface area contributed by atoms with E-state index >= 15 is 0 Å². The summed E-state index contributed by atoms with van der Waals surface area (Å²) in [5.74, 6) is 0.497. The molecule has 2 N–H and O–H groups in total. The van der Waals surface area contributed by atoms with Crippen molar-refractivity contribution in [3.63, 3.8) is 0 Å². The number of carbonyl (C=O) groups is 1. The molecule has 2 aromatic carbocycles. The first-order valence-corrected chi connectivity index (χ1v) is 8.91. The molecular weight excluding hydrogens is 364 g/mol. The first-order valence-electron chi connectivity index (χ1n) is 8.91. The van der Waals surface area contributed by atoms with Crippen LogP contribution in [0.4, 0.5) is 17.2 Å². The second kappa shape index (κ2) is 7.74. The summed E-state index contributed by atoms with van der Waals surface area (Å²) in [6.07, 6.45) is 1.68. The monoisotopic (exact) mass is 380 g/mol. The maximum absolute atomic E-state index is 12.8. The SMILES string of the molecule is Cc1nc(Nc2ccccc2C#N)cc(C(=O)Nc2cccc3cccnc23)n1. The zero-order valence-electron chi connectivity index (χ0n) is 15.5. The minimum Gasteiger partial charge on any atom is -0.339 e. The molecule has 29 heavy (non-hydrogen) atoms. The Morgan fingerprint density at radius 2 is 1.79 bits per heavy atom. The Labute approximate surface area is 167 Å². The van der Waals surface area contributed by atoms with Crippen LogP contribution in [0.3, 0.4) is 0 Å². The quantitative estimate of drug-likeness (QED) is 0.550. The first-order chi connectivity index (χ1) is 14.1. The second-order valence-corrected chi connectivity index (χ2v) is 6.30. The molecule has 0 spiro atoms. The van der Waals surface area contributed by atoms with Crippen LogP contribution in [0.15, 0.2) is 66.9 Å². The van der Waals surface area contributed by atoms with Gasteiger partial charge in [0.25, 0.3) is 5.91 Å². The predicted octanol–water partition coefficient (Wildman–Crippen LogP) is 4.20. The van der Waals surface area contributed by atoms with Gasteiger partial charge >= 0.3 is 0 Å². The molecule has 7 heteroatoms. The van der Waals surface area contributed by atoms with Gasteiger partial charge in [-0.15, -0.1) is 0 Å². The predicted molar refractivity (Wildman–Crippen MR) is 111 cm³/mol. The largest absolute Gasteiger partial charge is 0.339 e. The number of amides is 1. The fourth-order valence-electron chi connectivity index (χ4n) is 2.97. The van der Waals surface area contributed by atoms with E-state index in [1.807, 2.05) is 30.3 Å². The van der Waals surface area contributed by atoms with Crippen molar-refractivity contribution in [2.75, 3.05) is 10.6 Å². The van der Waals surface area contributed by atoms with Crippen LogP contribution in [0, 0.1) is 18.3 Å². The van der Waals surface area contributed by atoms with Crippen LogP contribution in [-0.2, 0) is 0 Å². The molecule has 2 heterocycles. The average Bonchev–Trinajstić information content (AvgIpc) is 2.74. The molecule has 2 aromatic heterocycles. The highest BCUT2D eigenvalue weighted by Crippen LogP contribution is 2.22. The molecule has 0 aliphatic rings. The van der Waals surface area contributed by atoms with Crippen molar-refractivity contribution in [1.82, 2.24) is 15.0 Å². The standard InChI is InChI=1S/C22H16N6O/c1-14-25-19(12-20(26-14)27-17-9-3-2-6-16(17)13-23)22(29)28-18-10-4-7-15-8-5-11-24-21(15)18/h2-12H,1H3,(H,28,29)(H,25,26,27). The number of rotatable bonds is 4. The van der Waals surface area contributed by atoms with Crippen molar-refractivity contribution in [2.45, 2.75) is 6.92 Å². The summed E-state index contributed by atoms with van der Waals surface area (Å²) >= 11 is 0. The van der Waals surface area contributed by atoms with E-state index in [1.165, 1.54) is 0 Å². The van der Waals surface area contributed by atoms with E-state index in [2.05, 4.69) is 31.7 Å². The lowest BCUT2D eigenvalue weighted by Gasteiger charge is -2.11. The van der Waals surface area contributed by atoms with Crippen molar-refractivity contribution in [2.24, 2.45) is 0 Å². The van der Waals surface area contributed by atoms with Gasteiger partial charge in [0, 0.05) is 17.6 Å². The molecule has 0 aliphatic carbocycles. The zero-order valence-corrected chi connectivity index (χ0v) is 15.5. The van der Waals surface area contributed by atoms with Gasteiger partial charge in [-0.1, -0.05) is 30.3 Å². The topological polar surface area (TPSA) is 104 Å². The summed E-state index contributed by atoms with van der Waals surface area (Å²) in [7, 11) is 0. The molecule has 4 rings (SSSR count). The lowest BCUT2D eigenvalue weighted by atomic mass is 10.2. The summed E-state index contributed by atoms with van der Waals surface area (Å²) in [6, 6.07) is 20.1. The van der Waals surface area contributed by atoms with E-state index in [4.69, 9.17) is 0 Å². The third-order valence-electron chi connectivity index (χ3n) is 4.26. The van der Waals surface area contributed by atoms with Crippen LogP contribution in [0.5, 0.6) is 0 Å². The van der Waals surface area contributed by atoms with E-state index in [1.54, 1.807) is 43.5 Å². The number of carbonyl (C=O) groups excluding carboxylic acids is 1. The average molecular weight is 380 g/mol. The van der Waals surface area contributed by atoms with Crippen LogP contribution in [0.25, 0.3) is 10.9 Å². The van der Waals surface area contributed by atoms with Crippen LogP contribution in [0.1, 0.15) is 21.9 Å². The van der Waals surface area contributed by atoms with E-state index in [-0.39, 0.29) is 11.6 Å². The number of anilines is 3. The van der Waals surface area contributed by atoms with E-state index in [0.29, 0.717) is 34.1 Å². The van der Waals surface area contributed by atoms with Gasteiger partial charge in [0.05, 0.1) is 22.5 Å². The molecular formula is C22H16N6O. The number of pyridine rings is 1. The Balaban J connectivity index is 1.63. The lowest BCUT2D eigenvalue weighted by molar-refractivity contribution is 0.102. The van der Waals surface area contributed by atoms with Crippen LogP contribution >= 0.6 is 0 Å². The Morgan fingerprint density at radius 1 is 1.00 bits per heavy atom. The minimum absolute atomic E-state index is 0.211. The first kappa shape index (κ1) is 18.1. The molecule has 7 nitrogen and oxygen atoms in total. The number of nitriles is 1. The number of benzene rings is 2. The number of fused-ring (bicyclic) bond motifs is 1. The maximum Gasteiger partial charge on any atom is 0.274 e. The molecule has 0 unspecified atom stereocenters. The Hall–Kier alpha value is -4.31. The molecule has 0 aliphatic heterocycles. The van der Waals surface area contributed by atoms with Crippen molar-refractivity contribution < 1.29 is 4.79 Å². The van der Waals surface area contributed by atoms with Crippen molar-refractivity contribution >= 4 is 34.0 Å². The van der Waals surface area contributed by atoms with Gasteiger partial charge in [0.1, 0.15) is 23.4 Å². The van der Waals surface area contributed by atoms with Crippen molar-refractivity contribution in [3.8, 4) is 6.07 Å². The molecule has 0 radical (unpaired) electrons. The number of hydrogen-bond acceptors (Lipinski definition) is 6. The lowest BCUT2D eigenvalue weighted by Crippen LogP contribution is -2.16. The van der Waals surface area contributed by atoms with Crippen LogP contribution in [-0.4, -0.2) is 20.9 Å². The number of aryl methyl sites for hydroxylation is 1. The molecule has 4 aromatic rings. The maximum atomic E-state index is 12.8. The number of nitrogens with one attached hydrogen (secondary N) is 2.